The van der Waals surface area contributed by atoms with E-state index < -0.39 is 0 Å². The Hall–Kier alpha value is -1.73. The maximum atomic E-state index is 14.3. The normalized spacial score (nSPS) is 18.2. The van der Waals surface area contributed by atoms with Crippen molar-refractivity contribution in [2.75, 3.05) is 36.5 Å². The fraction of sp³-hybridized carbons (Fsp3) is 0.500. The summed E-state index contributed by atoms with van der Waals surface area (Å²) >= 11 is 1.38. The van der Waals surface area contributed by atoms with Crippen LogP contribution in [0.4, 0.5) is 15.2 Å². The summed E-state index contributed by atoms with van der Waals surface area (Å²) in [6.45, 7) is 3.35. The lowest BCUT2D eigenvalue weighted by Gasteiger charge is -2.29. The highest BCUT2D eigenvalue weighted by molar-refractivity contribution is 7.09. The van der Waals surface area contributed by atoms with Crippen LogP contribution in [0.1, 0.15) is 30.1 Å². The highest BCUT2D eigenvalue weighted by atomic mass is 32.1. The summed E-state index contributed by atoms with van der Waals surface area (Å²) in [6.07, 6.45) is 2.40. The van der Waals surface area contributed by atoms with E-state index in [1.54, 1.807) is 6.07 Å². The van der Waals surface area contributed by atoms with E-state index in [0.717, 1.165) is 29.6 Å². The maximum Gasteiger partial charge on any atom is 0.202 e. The van der Waals surface area contributed by atoms with Crippen molar-refractivity contribution in [3.63, 3.8) is 0 Å². The molecule has 1 aromatic heterocycles. The molecule has 1 N–H and O–H groups in total. The Morgan fingerprint density at radius 3 is 2.87 bits per heavy atom. The molecule has 0 amide bonds. The number of halogens is 1. The number of aromatic nitrogens is 2. The Kier molecular flexibility index (Phi) is 4.13. The molecule has 2 fully saturated rings. The largest absolute Gasteiger partial charge is 0.378 e. The van der Waals surface area contributed by atoms with E-state index in [9.17, 15) is 4.39 Å². The number of nitrogens with zero attached hydrogens (tertiary/aromatic N) is 3. The zero-order valence-electron chi connectivity index (χ0n) is 12.8. The minimum Gasteiger partial charge on any atom is -0.378 e. The topological polar surface area (TPSA) is 50.3 Å². The molecule has 4 rings (SSSR count). The second-order valence-electron chi connectivity index (χ2n) is 5.97. The summed E-state index contributed by atoms with van der Waals surface area (Å²) in [4.78, 5) is 6.51. The van der Waals surface area contributed by atoms with Crippen LogP contribution in [0.15, 0.2) is 18.2 Å². The van der Waals surface area contributed by atoms with Crippen LogP contribution in [0.5, 0.6) is 0 Å². The first-order chi connectivity index (χ1) is 11.3. The minimum atomic E-state index is -0.179. The quantitative estimate of drug-likeness (QED) is 0.911. The SMILES string of the molecule is Fc1cc(CNc2nc(C3CC3)ns2)ccc1N1CCOCC1. The van der Waals surface area contributed by atoms with Crippen LogP contribution in [-0.2, 0) is 11.3 Å². The Bertz CT molecular complexity index is 682. The Balaban J connectivity index is 1.39. The highest BCUT2D eigenvalue weighted by Gasteiger charge is 2.27. The van der Waals surface area contributed by atoms with Crippen LogP contribution < -0.4 is 10.2 Å². The van der Waals surface area contributed by atoms with E-state index in [1.807, 2.05) is 17.0 Å². The zero-order valence-corrected chi connectivity index (χ0v) is 13.6. The molecule has 0 unspecified atom stereocenters. The smallest absolute Gasteiger partial charge is 0.202 e. The lowest BCUT2D eigenvalue weighted by atomic mass is 10.1. The number of rotatable bonds is 5. The van der Waals surface area contributed by atoms with Crippen LogP contribution in [0.25, 0.3) is 0 Å². The molecule has 0 radical (unpaired) electrons. The summed E-state index contributed by atoms with van der Waals surface area (Å²) in [5, 5.41) is 4.04. The monoisotopic (exact) mass is 334 g/mol. The molecule has 0 atom stereocenters. The number of ether oxygens (including phenoxy) is 1. The molecule has 0 bridgehead atoms. The summed E-state index contributed by atoms with van der Waals surface area (Å²) in [6, 6.07) is 5.41. The van der Waals surface area contributed by atoms with Gasteiger partial charge < -0.3 is 15.0 Å². The minimum absolute atomic E-state index is 0.179. The molecule has 23 heavy (non-hydrogen) atoms. The number of hydrogen-bond acceptors (Lipinski definition) is 6. The van der Waals surface area contributed by atoms with E-state index in [-0.39, 0.29) is 5.82 Å². The molecule has 5 nitrogen and oxygen atoms in total. The summed E-state index contributed by atoms with van der Waals surface area (Å²) in [7, 11) is 0. The predicted molar refractivity (Wildman–Crippen MR) is 88.6 cm³/mol. The fourth-order valence-electron chi connectivity index (χ4n) is 2.71. The Morgan fingerprint density at radius 2 is 2.13 bits per heavy atom. The lowest BCUT2D eigenvalue weighted by molar-refractivity contribution is 0.122. The second kappa shape index (κ2) is 6.41. The molecule has 7 heteroatoms. The number of morpholine rings is 1. The van der Waals surface area contributed by atoms with Crippen molar-refractivity contribution < 1.29 is 9.13 Å². The van der Waals surface area contributed by atoms with Gasteiger partial charge in [-0.05, 0) is 30.5 Å². The van der Waals surface area contributed by atoms with Gasteiger partial charge in [-0.25, -0.2) is 9.37 Å². The third-order valence-electron chi connectivity index (χ3n) is 4.19. The average molecular weight is 334 g/mol. The van der Waals surface area contributed by atoms with Gasteiger partial charge in [-0.3, -0.25) is 0 Å². The predicted octanol–water partition coefficient (Wildman–Crippen LogP) is 3.00. The third-order valence-corrected chi connectivity index (χ3v) is 4.88. The molecule has 1 aromatic carbocycles. The lowest BCUT2D eigenvalue weighted by Crippen LogP contribution is -2.36. The standard InChI is InChI=1S/C16H19FN4OS/c17-13-9-11(1-4-14(13)21-5-7-22-8-6-21)10-18-16-19-15(20-23-16)12-2-3-12/h1,4,9,12H,2-3,5-8,10H2,(H,18,19,20). The molecule has 1 aliphatic heterocycles. The first kappa shape index (κ1) is 14.8. The molecule has 2 aliphatic rings. The number of benzene rings is 1. The summed E-state index contributed by atoms with van der Waals surface area (Å²) < 4.78 is 24.0. The van der Waals surface area contributed by atoms with Gasteiger partial charge in [0.2, 0.25) is 5.13 Å². The van der Waals surface area contributed by atoms with Gasteiger partial charge in [0.05, 0.1) is 18.9 Å². The van der Waals surface area contributed by atoms with E-state index in [1.165, 1.54) is 24.4 Å². The van der Waals surface area contributed by atoms with Crippen LogP contribution in [0.3, 0.4) is 0 Å². The third kappa shape index (κ3) is 3.45. The number of nitrogens with one attached hydrogen (secondary N) is 1. The molecule has 122 valence electrons. The average Bonchev–Trinajstić information content (AvgIpc) is 3.32. The van der Waals surface area contributed by atoms with Crippen LogP contribution >= 0.6 is 11.5 Å². The van der Waals surface area contributed by atoms with Crippen LogP contribution in [0, 0.1) is 5.82 Å². The molecular weight excluding hydrogens is 315 g/mol. The highest BCUT2D eigenvalue weighted by Crippen LogP contribution is 2.39. The van der Waals surface area contributed by atoms with Gasteiger partial charge >= 0.3 is 0 Å². The van der Waals surface area contributed by atoms with Crippen molar-refractivity contribution in [2.45, 2.75) is 25.3 Å². The Morgan fingerprint density at radius 1 is 1.30 bits per heavy atom. The van der Waals surface area contributed by atoms with E-state index in [2.05, 4.69) is 14.7 Å². The van der Waals surface area contributed by atoms with Gasteiger partial charge in [0.25, 0.3) is 0 Å². The maximum absolute atomic E-state index is 14.3. The molecule has 1 saturated carbocycles. The van der Waals surface area contributed by atoms with Crippen molar-refractivity contribution in [2.24, 2.45) is 0 Å². The summed E-state index contributed by atoms with van der Waals surface area (Å²) in [5.74, 6) is 1.33. The molecule has 2 heterocycles. The Labute approximate surface area is 138 Å². The van der Waals surface area contributed by atoms with Crippen LogP contribution in [0.2, 0.25) is 0 Å². The van der Waals surface area contributed by atoms with Crippen molar-refractivity contribution in [3.8, 4) is 0 Å². The molecule has 1 aliphatic carbocycles. The molecule has 2 aromatic rings. The number of hydrogen-bond donors (Lipinski definition) is 1. The van der Waals surface area contributed by atoms with Gasteiger partial charge in [-0.1, -0.05) is 6.07 Å². The summed E-state index contributed by atoms with van der Waals surface area (Å²) in [5.41, 5.74) is 1.56. The van der Waals surface area contributed by atoms with Crippen molar-refractivity contribution in [3.05, 3.63) is 35.4 Å². The van der Waals surface area contributed by atoms with Crippen LogP contribution in [-0.4, -0.2) is 35.7 Å². The zero-order chi connectivity index (χ0) is 15.6. The van der Waals surface area contributed by atoms with E-state index in [0.29, 0.717) is 31.4 Å². The van der Waals surface area contributed by atoms with E-state index >= 15 is 0 Å². The second-order valence-corrected chi connectivity index (χ2v) is 6.72. The molecular formula is C16H19FN4OS. The van der Waals surface area contributed by atoms with Gasteiger partial charge in [0, 0.05) is 37.1 Å². The first-order valence-electron chi connectivity index (χ1n) is 7.98. The molecule has 0 spiro atoms. The van der Waals surface area contributed by atoms with Gasteiger partial charge in [0.1, 0.15) is 11.6 Å². The fourth-order valence-corrected chi connectivity index (χ4v) is 3.35. The molecule has 1 saturated heterocycles. The van der Waals surface area contributed by atoms with E-state index in [4.69, 9.17) is 4.74 Å². The van der Waals surface area contributed by atoms with Crippen molar-refractivity contribution in [1.29, 1.82) is 0 Å². The van der Waals surface area contributed by atoms with Gasteiger partial charge in [0.15, 0.2) is 0 Å². The van der Waals surface area contributed by atoms with Crippen molar-refractivity contribution in [1.82, 2.24) is 9.36 Å². The van der Waals surface area contributed by atoms with Crippen molar-refractivity contribution >= 4 is 22.4 Å². The number of anilines is 2. The van der Waals surface area contributed by atoms with Gasteiger partial charge in [-0.15, -0.1) is 0 Å². The first-order valence-corrected chi connectivity index (χ1v) is 8.75. The van der Waals surface area contributed by atoms with Gasteiger partial charge in [-0.2, -0.15) is 4.37 Å².